The van der Waals surface area contributed by atoms with Crippen LogP contribution in [0, 0.1) is 0 Å². The minimum absolute atomic E-state index is 0.100. The molecule has 60 heavy (non-hydrogen) atoms. The molecule has 1 nitrogen and oxygen atoms in total. The fourth-order valence-electron chi connectivity index (χ4n) is 9.62. The molecule has 2 heterocycles. The number of fused-ring (bicyclic) bond motifs is 9. The first kappa shape index (κ1) is 35.2. The van der Waals surface area contributed by atoms with E-state index in [2.05, 4.69) is 219 Å². The van der Waals surface area contributed by atoms with Gasteiger partial charge in [-0.25, -0.2) is 0 Å². The highest BCUT2D eigenvalue weighted by atomic mass is 32.1. The van der Waals surface area contributed by atoms with Gasteiger partial charge in [0.15, 0.2) is 0 Å². The Morgan fingerprint density at radius 3 is 1.67 bits per heavy atom. The highest BCUT2D eigenvalue weighted by Gasteiger charge is 2.35. The third-order valence-corrected chi connectivity index (χ3v) is 15.0. The molecule has 0 saturated carbocycles. The Labute approximate surface area is 358 Å². The minimum Gasteiger partial charge on any atom is -0.310 e. The zero-order valence-electron chi connectivity index (χ0n) is 33.3. The summed E-state index contributed by atoms with van der Waals surface area (Å²) in [6.45, 7) is 4.72. The molecular weight excluding hydrogens is 763 g/mol. The molecule has 0 unspecified atom stereocenters. The van der Waals surface area contributed by atoms with E-state index in [1.165, 1.54) is 96.0 Å². The number of hydrogen-bond acceptors (Lipinski definition) is 3. The molecule has 0 radical (unpaired) electrons. The summed E-state index contributed by atoms with van der Waals surface area (Å²) in [7, 11) is 0. The van der Waals surface area contributed by atoms with Gasteiger partial charge in [0.2, 0.25) is 0 Å². The van der Waals surface area contributed by atoms with Crippen LogP contribution in [0.4, 0.5) is 17.1 Å². The quantitative estimate of drug-likeness (QED) is 0.162. The fourth-order valence-corrected chi connectivity index (χ4v) is 12.0. The van der Waals surface area contributed by atoms with Crippen LogP contribution in [0.3, 0.4) is 0 Å². The number of benzene rings is 9. The zero-order chi connectivity index (χ0) is 40.0. The molecule has 0 atom stereocenters. The molecule has 0 bridgehead atoms. The van der Waals surface area contributed by atoms with E-state index in [4.69, 9.17) is 0 Å². The van der Waals surface area contributed by atoms with Crippen LogP contribution in [0.1, 0.15) is 25.0 Å². The third kappa shape index (κ3) is 5.58. The maximum atomic E-state index is 2.42. The van der Waals surface area contributed by atoms with Crippen molar-refractivity contribution in [1.29, 1.82) is 0 Å². The van der Waals surface area contributed by atoms with Crippen molar-refractivity contribution in [3.8, 4) is 44.5 Å². The molecule has 0 amide bonds. The Kier molecular flexibility index (Phi) is 8.00. The van der Waals surface area contributed by atoms with E-state index in [9.17, 15) is 0 Å². The second-order valence-electron chi connectivity index (χ2n) is 16.5. The lowest BCUT2D eigenvalue weighted by Gasteiger charge is -2.28. The molecule has 1 aliphatic carbocycles. The van der Waals surface area contributed by atoms with Gasteiger partial charge in [0.05, 0.1) is 0 Å². The largest absolute Gasteiger partial charge is 0.310 e. The van der Waals surface area contributed by atoms with Crippen LogP contribution >= 0.6 is 22.7 Å². The van der Waals surface area contributed by atoms with Crippen LogP contribution in [-0.2, 0) is 5.41 Å². The second kappa shape index (κ2) is 13.6. The van der Waals surface area contributed by atoms with E-state index in [1.807, 2.05) is 22.7 Å². The Balaban J connectivity index is 0.994. The van der Waals surface area contributed by atoms with Crippen LogP contribution in [0.2, 0.25) is 0 Å². The van der Waals surface area contributed by atoms with Crippen LogP contribution in [0.5, 0.6) is 0 Å². The highest BCUT2D eigenvalue weighted by Crippen LogP contribution is 2.51. The van der Waals surface area contributed by atoms with Crippen LogP contribution in [-0.4, -0.2) is 0 Å². The molecule has 0 spiro atoms. The van der Waals surface area contributed by atoms with E-state index in [1.54, 1.807) is 0 Å². The molecule has 0 saturated heterocycles. The first-order valence-corrected chi connectivity index (χ1v) is 22.3. The van der Waals surface area contributed by atoms with E-state index in [-0.39, 0.29) is 5.41 Å². The smallest absolute Gasteiger partial charge is 0.0465 e. The summed E-state index contributed by atoms with van der Waals surface area (Å²) in [4.78, 5) is 2.42. The Bertz CT molecular complexity index is 3440. The maximum absolute atomic E-state index is 2.42. The summed E-state index contributed by atoms with van der Waals surface area (Å²) in [5.74, 6) is 0. The van der Waals surface area contributed by atoms with Gasteiger partial charge in [0.1, 0.15) is 0 Å². The van der Waals surface area contributed by atoms with Gasteiger partial charge in [0, 0.05) is 68.4 Å². The summed E-state index contributed by atoms with van der Waals surface area (Å²) in [5.41, 5.74) is 16.1. The Hall–Kier alpha value is -6.78. The van der Waals surface area contributed by atoms with E-state index in [0.717, 1.165) is 17.1 Å². The SMILES string of the molecule is CC1(C)c2ccccc2-c2ccc(N(c3ccc(-c4ccccc4)cc3)c3ccc(-c4cc(-c5ccc6c(c5)sc5ccccc56)cc5c4sc4ccccc45)cc3)cc21. The summed E-state index contributed by atoms with van der Waals surface area (Å²) >= 11 is 3.77. The predicted octanol–water partition coefficient (Wildman–Crippen LogP) is 17.2. The van der Waals surface area contributed by atoms with Gasteiger partial charge >= 0.3 is 0 Å². The van der Waals surface area contributed by atoms with Gasteiger partial charge in [-0.05, 0) is 117 Å². The fraction of sp³-hybridized carbons (Fsp3) is 0.0526. The summed E-state index contributed by atoms with van der Waals surface area (Å²) in [6, 6.07) is 74.3. The van der Waals surface area contributed by atoms with Crippen molar-refractivity contribution in [1.82, 2.24) is 0 Å². The zero-order valence-corrected chi connectivity index (χ0v) is 34.9. The topological polar surface area (TPSA) is 3.24 Å². The molecule has 3 heteroatoms. The molecule has 1 aliphatic rings. The predicted molar refractivity (Wildman–Crippen MR) is 261 cm³/mol. The molecular formula is C57H39NS2. The average Bonchev–Trinajstić information content (AvgIpc) is 3.94. The number of rotatable bonds is 6. The van der Waals surface area contributed by atoms with Gasteiger partial charge in [-0.15, -0.1) is 22.7 Å². The molecule has 0 fully saturated rings. The van der Waals surface area contributed by atoms with Crippen molar-refractivity contribution in [3.05, 3.63) is 211 Å². The number of anilines is 3. The molecule has 284 valence electrons. The monoisotopic (exact) mass is 801 g/mol. The van der Waals surface area contributed by atoms with Gasteiger partial charge in [0.25, 0.3) is 0 Å². The van der Waals surface area contributed by atoms with Crippen molar-refractivity contribution >= 4 is 80.1 Å². The van der Waals surface area contributed by atoms with Crippen molar-refractivity contribution in [2.24, 2.45) is 0 Å². The van der Waals surface area contributed by atoms with Gasteiger partial charge < -0.3 is 4.90 Å². The molecule has 12 rings (SSSR count). The Morgan fingerprint density at radius 2 is 0.900 bits per heavy atom. The van der Waals surface area contributed by atoms with Crippen molar-refractivity contribution in [2.75, 3.05) is 4.90 Å². The van der Waals surface area contributed by atoms with Crippen molar-refractivity contribution < 1.29 is 0 Å². The van der Waals surface area contributed by atoms with Crippen LogP contribution in [0.25, 0.3) is 84.9 Å². The highest BCUT2D eigenvalue weighted by molar-refractivity contribution is 7.26. The lowest BCUT2D eigenvalue weighted by atomic mass is 9.82. The lowest BCUT2D eigenvalue weighted by Crippen LogP contribution is -2.16. The van der Waals surface area contributed by atoms with Crippen LogP contribution in [0.15, 0.2) is 200 Å². The molecule has 0 N–H and O–H groups in total. The third-order valence-electron chi connectivity index (χ3n) is 12.7. The minimum atomic E-state index is -0.100. The van der Waals surface area contributed by atoms with E-state index >= 15 is 0 Å². The maximum Gasteiger partial charge on any atom is 0.0465 e. The summed E-state index contributed by atoms with van der Waals surface area (Å²) < 4.78 is 5.30. The van der Waals surface area contributed by atoms with Crippen molar-refractivity contribution in [3.63, 3.8) is 0 Å². The van der Waals surface area contributed by atoms with E-state index < -0.39 is 0 Å². The molecule has 9 aromatic carbocycles. The van der Waals surface area contributed by atoms with Crippen molar-refractivity contribution in [2.45, 2.75) is 19.3 Å². The normalized spacial score (nSPS) is 13.0. The van der Waals surface area contributed by atoms with Gasteiger partial charge in [-0.1, -0.05) is 147 Å². The lowest BCUT2D eigenvalue weighted by molar-refractivity contribution is 0.660. The molecule has 0 aliphatic heterocycles. The number of nitrogens with zero attached hydrogens (tertiary/aromatic N) is 1. The van der Waals surface area contributed by atoms with E-state index in [0.29, 0.717) is 0 Å². The number of hydrogen-bond donors (Lipinski definition) is 0. The first-order valence-electron chi connectivity index (χ1n) is 20.7. The standard InChI is InChI=1S/C57H39NS2/c1-57(2)51-17-9-6-14-44(51)45-31-29-43(35-52(45)57)58(41-25-20-37(21-26-41)36-12-4-3-5-13-36)42-27-22-38(23-28-42)49-32-40(33-50-47-16-8-11-19-54(47)60-56(49)50)39-24-30-48-46-15-7-10-18-53(46)59-55(48)34-39/h3-35H,1-2H3. The molecule has 2 aromatic heterocycles. The Morgan fingerprint density at radius 1 is 0.333 bits per heavy atom. The number of thiophene rings is 2. The summed E-state index contributed by atoms with van der Waals surface area (Å²) in [5, 5.41) is 5.28. The second-order valence-corrected chi connectivity index (χ2v) is 18.6. The van der Waals surface area contributed by atoms with Gasteiger partial charge in [-0.2, -0.15) is 0 Å². The first-order chi connectivity index (χ1) is 29.5. The average molecular weight is 802 g/mol. The molecule has 11 aromatic rings. The summed E-state index contributed by atoms with van der Waals surface area (Å²) in [6.07, 6.45) is 0. The van der Waals surface area contributed by atoms with Crippen LogP contribution < -0.4 is 4.90 Å². The van der Waals surface area contributed by atoms with Gasteiger partial charge in [-0.3, -0.25) is 0 Å².